The molecule has 0 unspecified atom stereocenters. The molecule has 2 amide bonds. The minimum absolute atomic E-state index is 0.108. The highest BCUT2D eigenvalue weighted by atomic mass is 32.1. The summed E-state index contributed by atoms with van der Waals surface area (Å²) in [4.78, 5) is 34.3. The van der Waals surface area contributed by atoms with Crippen LogP contribution in [-0.4, -0.2) is 52.8 Å². The van der Waals surface area contributed by atoms with Crippen LogP contribution in [0, 0.1) is 6.92 Å². The molecule has 0 spiro atoms. The van der Waals surface area contributed by atoms with Crippen LogP contribution in [0.1, 0.15) is 30.0 Å². The molecule has 2 heterocycles. The molecule has 32 heavy (non-hydrogen) atoms. The van der Waals surface area contributed by atoms with Crippen LogP contribution in [0.4, 0.5) is 0 Å². The van der Waals surface area contributed by atoms with Crippen LogP contribution in [0.3, 0.4) is 0 Å². The number of benzene rings is 2. The molecule has 4 rings (SSSR count). The SMILES string of the molecule is Cc1nc(-c2ccc(CC(=O)N3CCN(C(=O)C(C)(C)c4ccccc4)CC3)cc2)cs1. The highest BCUT2D eigenvalue weighted by Crippen LogP contribution is 2.26. The van der Waals surface area contributed by atoms with Crippen molar-refractivity contribution in [3.05, 3.63) is 76.1 Å². The van der Waals surface area contributed by atoms with Crippen molar-refractivity contribution in [3.63, 3.8) is 0 Å². The topological polar surface area (TPSA) is 53.5 Å². The number of piperazine rings is 1. The van der Waals surface area contributed by atoms with E-state index in [9.17, 15) is 9.59 Å². The van der Waals surface area contributed by atoms with Crippen molar-refractivity contribution in [2.75, 3.05) is 26.2 Å². The van der Waals surface area contributed by atoms with Crippen LogP contribution in [-0.2, 0) is 21.4 Å². The smallest absolute Gasteiger partial charge is 0.232 e. The number of carbonyl (C=O) groups excluding carboxylic acids is 2. The van der Waals surface area contributed by atoms with Gasteiger partial charge in [0.15, 0.2) is 0 Å². The molecule has 6 heteroatoms. The third-order valence-corrected chi connectivity index (χ3v) is 6.95. The zero-order valence-corrected chi connectivity index (χ0v) is 19.7. The number of amides is 2. The lowest BCUT2D eigenvalue weighted by Gasteiger charge is -2.39. The molecule has 0 bridgehead atoms. The molecule has 0 atom stereocenters. The first kappa shape index (κ1) is 22.2. The molecule has 1 aliphatic heterocycles. The van der Waals surface area contributed by atoms with E-state index >= 15 is 0 Å². The van der Waals surface area contributed by atoms with Gasteiger partial charge in [-0.2, -0.15) is 0 Å². The number of aromatic nitrogens is 1. The quantitative estimate of drug-likeness (QED) is 0.586. The van der Waals surface area contributed by atoms with Gasteiger partial charge in [-0.05, 0) is 31.9 Å². The van der Waals surface area contributed by atoms with E-state index in [1.54, 1.807) is 11.3 Å². The molecule has 166 valence electrons. The van der Waals surface area contributed by atoms with Gasteiger partial charge < -0.3 is 9.80 Å². The van der Waals surface area contributed by atoms with Gasteiger partial charge >= 0.3 is 0 Å². The second-order valence-corrected chi connectivity index (χ2v) is 9.85. The Morgan fingerprint density at radius 1 is 0.938 bits per heavy atom. The summed E-state index contributed by atoms with van der Waals surface area (Å²) in [7, 11) is 0. The van der Waals surface area contributed by atoms with E-state index in [-0.39, 0.29) is 11.8 Å². The summed E-state index contributed by atoms with van der Waals surface area (Å²) in [5.41, 5.74) is 3.47. The van der Waals surface area contributed by atoms with Crippen molar-refractivity contribution in [1.82, 2.24) is 14.8 Å². The van der Waals surface area contributed by atoms with Gasteiger partial charge in [0.25, 0.3) is 0 Å². The van der Waals surface area contributed by atoms with Crippen LogP contribution >= 0.6 is 11.3 Å². The molecule has 1 aromatic heterocycles. The van der Waals surface area contributed by atoms with Gasteiger partial charge in [-0.1, -0.05) is 54.6 Å². The van der Waals surface area contributed by atoms with Crippen LogP contribution < -0.4 is 0 Å². The predicted molar refractivity (Wildman–Crippen MR) is 129 cm³/mol. The Kier molecular flexibility index (Phi) is 6.42. The summed E-state index contributed by atoms with van der Waals surface area (Å²) in [5, 5.41) is 3.10. The molecule has 1 aliphatic rings. The lowest BCUT2D eigenvalue weighted by Crippen LogP contribution is -2.54. The first-order valence-corrected chi connectivity index (χ1v) is 11.9. The first-order chi connectivity index (χ1) is 15.3. The minimum atomic E-state index is -0.578. The number of aryl methyl sites for hydroxylation is 1. The Morgan fingerprint density at radius 3 is 2.16 bits per heavy atom. The average molecular weight is 448 g/mol. The van der Waals surface area contributed by atoms with Gasteiger partial charge in [0, 0.05) is 37.1 Å². The standard InChI is InChI=1S/C26H29N3O2S/c1-19-27-23(18-32-19)21-11-9-20(10-12-21)17-24(30)28-13-15-29(16-14-28)25(31)26(2,3)22-7-5-4-6-8-22/h4-12,18H,13-17H2,1-3H3. The Morgan fingerprint density at radius 2 is 1.56 bits per heavy atom. The maximum absolute atomic E-state index is 13.2. The van der Waals surface area contributed by atoms with E-state index < -0.39 is 5.41 Å². The van der Waals surface area contributed by atoms with Crippen LogP contribution in [0.25, 0.3) is 11.3 Å². The Balaban J connectivity index is 1.32. The Hall–Kier alpha value is -2.99. The summed E-state index contributed by atoms with van der Waals surface area (Å²) in [6, 6.07) is 17.9. The molecule has 1 saturated heterocycles. The fourth-order valence-electron chi connectivity index (χ4n) is 4.11. The second-order valence-electron chi connectivity index (χ2n) is 8.79. The van der Waals surface area contributed by atoms with E-state index in [1.165, 1.54) is 0 Å². The summed E-state index contributed by atoms with van der Waals surface area (Å²) < 4.78 is 0. The van der Waals surface area contributed by atoms with Gasteiger partial charge in [-0.15, -0.1) is 11.3 Å². The van der Waals surface area contributed by atoms with Crippen LogP contribution in [0.5, 0.6) is 0 Å². The van der Waals surface area contributed by atoms with E-state index in [2.05, 4.69) is 10.4 Å². The lowest BCUT2D eigenvalue weighted by molar-refractivity contribution is -0.142. The van der Waals surface area contributed by atoms with Crippen molar-refractivity contribution < 1.29 is 9.59 Å². The Bertz CT molecular complexity index is 1080. The fourth-order valence-corrected chi connectivity index (χ4v) is 4.73. The third kappa shape index (κ3) is 4.75. The molecule has 0 aliphatic carbocycles. The van der Waals surface area contributed by atoms with Gasteiger partial charge in [0.2, 0.25) is 11.8 Å². The summed E-state index contributed by atoms with van der Waals surface area (Å²) in [5.74, 6) is 0.223. The van der Waals surface area contributed by atoms with Gasteiger partial charge in [0.1, 0.15) is 0 Å². The molecule has 0 radical (unpaired) electrons. The van der Waals surface area contributed by atoms with E-state index in [4.69, 9.17) is 0 Å². The molecule has 3 aromatic rings. The molecular weight excluding hydrogens is 418 g/mol. The highest BCUT2D eigenvalue weighted by molar-refractivity contribution is 7.09. The zero-order chi connectivity index (χ0) is 22.7. The molecule has 0 N–H and O–H groups in total. The number of thiazole rings is 1. The highest BCUT2D eigenvalue weighted by Gasteiger charge is 2.35. The lowest BCUT2D eigenvalue weighted by atomic mass is 9.83. The number of rotatable bonds is 5. The van der Waals surface area contributed by atoms with Gasteiger partial charge in [-0.25, -0.2) is 4.98 Å². The zero-order valence-electron chi connectivity index (χ0n) is 18.9. The summed E-state index contributed by atoms with van der Waals surface area (Å²) in [6.45, 7) is 8.23. The van der Waals surface area contributed by atoms with Crippen molar-refractivity contribution in [2.24, 2.45) is 0 Å². The maximum Gasteiger partial charge on any atom is 0.232 e. The van der Waals surface area contributed by atoms with Crippen molar-refractivity contribution in [2.45, 2.75) is 32.6 Å². The summed E-state index contributed by atoms with van der Waals surface area (Å²) in [6.07, 6.45) is 0.375. The number of hydrogen-bond donors (Lipinski definition) is 0. The molecule has 2 aromatic carbocycles. The molecule has 5 nitrogen and oxygen atoms in total. The van der Waals surface area contributed by atoms with E-state index in [0.717, 1.165) is 27.4 Å². The molecule has 1 fully saturated rings. The second kappa shape index (κ2) is 9.25. The van der Waals surface area contributed by atoms with Crippen molar-refractivity contribution in [1.29, 1.82) is 0 Å². The Labute approximate surface area is 193 Å². The van der Waals surface area contributed by atoms with Crippen molar-refractivity contribution in [3.8, 4) is 11.3 Å². The monoisotopic (exact) mass is 447 g/mol. The van der Waals surface area contributed by atoms with Gasteiger partial charge in [0.05, 0.1) is 22.5 Å². The van der Waals surface area contributed by atoms with Crippen LogP contribution in [0.15, 0.2) is 60.0 Å². The van der Waals surface area contributed by atoms with Crippen LogP contribution in [0.2, 0.25) is 0 Å². The predicted octanol–water partition coefficient (Wildman–Crippen LogP) is 4.31. The normalized spacial score (nSPS) is 14.5. The van der Waals surface area contributed by atoms with Gasteiger partial charge in [-0.3, -0.25) is 9.59 Å². The first-order valence-electron chi connectivity index (χ1n) is 11.0. The van der Waals surface area contributed by atoms with E-state index in [1.807, 2.05) is 85.2 Å². The number of hydrogen-bond acceptors (Lipinski definition) is 4. The molecular formula is C26H29N3O2S. The number of nitrogens with zero attached hydrogens (tertiary/aromatic N) is 3. The minimum Gasteiger partial charge on any atom is -0.339 e. The fraction of sp³-hybridized carbons (Fsp3) is 0.346. The average Bonchev–Trinajstić information content (AvgIpc) is 3.26. The maximum atomic E-state index is 13.2. The van der Waals surface area contributed by atoms with E-state index in [0.29, 0.717) is 32.6 Å². The number of carbonyl (C=O) groups is 2. The largest absolute Gasteiger partial charge is 0.339 e. The van der Waals surface area contributed by atoms with Crippen molar-refractivity contribution >= 4 is 23.2 Å². The third-order valence-electron chi connectivity index (χ3n) is 6.17. The summed E-state index contributed by atoms with van der Waals surface area (Å²) >= 11 is 1.64. The molecule has 0 saturated carbocycles.